The zero-order valence-electron chi connectivity index (χ0n) is 12.7. The van der Waals surface area contributed by atoms with Gasteiger partial charge in [-0.3, -0.25) is 9.59 Å². The van der Waals surface area contributed by atoms with Crippen LogP contribution in [0.15, 0.2) is 65.1 Å². The van der Waals surface area contributed by atoms with Crippen LogP contribution in [0.25, 0.3) is 6.08 Å². The molecule has 0 aromatic heterocycles. The molecular formula is C18H17BrN2O2. The van der Waals surface area contributed by atoms with Gasteiger partial charge in [-0.05, 0) is 39.7 Å². The molecule has 5 heteroatoms. The van der Waals surface area contributed by atoms with E-state index in [9.17, 15) is 9.59 Å². The topological polar surface area (TPSA) is 49.4 Å². The highest BCUT2D eigenvalue weighted by Crippen LogP contribution is 2.20. The van der Waals surface area contributed by atoms with Gasteiger partial charge < -0.3 is 10.2 Å². The first-order chi connectivity index (χ1) is 11.1. The Morgan fingerprint density at radius 2 is 1.74 bits per heavy atom. The van der Waals surface area contributed by atoms with Gasteiger partial charge in [-0.15, -0.1) is 0 Å². The van der Waals surface area contributed by atoms with Crippen LogP contribution in [0.3, 0.4) is 0 Å². The molecule has 0 aliphatic carbocycles. The summed E-state index contributed by atoms with van der Waals surface area (Å²) in [7, 11) is 1.59. The summed E-state index contributed by atoms with van der Waals surface area (Å²) in [4.78, 5) is 25.4. The predicted molar refractivity (Wildman–Crippen MR) is 95.9 cm³/mol. The fourth-order valence-corrected chi connectivity index (χ4v) is 2.29. The molecule has 1 N–H and O–H groups in total. The van der Waals surface area contributed by atoms with Crippen molar-refractivity contribution in [3.05, 3.63) is 70.7 Å². The van der Waals surface area contributed by atoms with E-state index in [0.717, 1.165) is 10.0 Å². The first kappa shape index (κ1) is 17.0. The number of carbonyl (C=O) groups is 2. The monoisotopic (exact) mass is 372 g/mol. The normalized spacial score (nSPS) is 10.5. The zero-order valence-corrected chi connectivity index (χ0v) is 14.3. The maximum absolute atomic E-state index is 12.0. The molecule has 0 saturated carbocycles. The first-order valence-electron chi connectivity index (χ1n) is 7.09. The van der Waals surface area contributed by atoms with Crippen molar-refractivity contribution in [1.29, 1.82) is 0 Å². The highest BCUT2D eigenvalue weighted by molar-refractivity contribution is 9.10. The molecule has 23 heavy (non-hydrogen) atoms. The Balaban J connectivity index is 1.89. The summed E-state index contributed by atoms with van der Waals surface area (Å²) >= 11 is 3.36. The van der Waals surface area contributed by atoms with Gasteiger partial charge in [0.1, 0.15) is 0 Å². The van der Waals surface area contributed by atoms with Gasteiger partial charge in [0.2, 0.25) is 11.8 Å². The number of carbonyl (C=O) groups excluding carboxylic acids is 2. The molecule has 0 unspecified atom stereocenters. The number of nitrogens with zero attached hydrogens (tertiary/aromatic N) is 1. The second-order valence-electron chi connectivity index (χ2n) is 4.97. The quantitative estimate of drug-likeness (QED) is 0.815. The number of likely N-dealkylation sites (N-methyl/N-ethyl adjacent to an activating group) is 1. The third-order valence-electron chi connectivity index (χ3n) is 3.12. The molecule has 4 nitrogen and oxygen atoms in total. The largest absolute Gasteiger partial charge is 0.333 e. The standard InChI is InChI=1S/C18H17BrN2O2/c1-21(18(23)12-11-14-7-3-2-4-8-14)13-17(22)20-16-10-6-5-9-15(16)19/h2-12H,13H2,1H3,(H,20,22). The van der Waals surface area contributed by atoms with Gasteiger partial charge >= 0.3 is 0 Å². The summed E-state index contributed by atoms with van der Waals surface area (Å²) in [6, 6.07) is 16.9. The molecule has 0 radical (unpaired) electrons. The summed E-state index contributed by atoms with van der Waals surface area (Å²) in [5.41, 5.74) is 1.62. The lowest BCUT2D eigenvalue weighted by Gasteiger charge is -2.15. The van der Waals surface area contributed by atoms with Gasteiger partial charge in [-0.1, -0.05) is 42.5 Å². The van der Waals surface area contributed by atoms with E-state index in [1.807, 2.05) is 48.5 Å². The molecule has 0 heterocycles. The smallest absolute Gasteiger partial charge is 0.246 e. The second kappa shape index (κ2) is 8.29. The van der Waals surface area contributed by atoms with E-state index in [1.54, 1.807) is 19.2 Å². The summed E-state index contributed by atoms with van der Waals surface area (Å²) in [6.45, 7) is -0.0146. The molecular weight excluding hydrogens is 356 g/mol. The average molecular weight is 373 g/mol. The molecule has 0 aliphatic rings. The van der Waals surface area contributed by atoms with Crippen molar-refractivity contribution >= 4 is 39.5 Å². The summed E-state index contributed by atoms with van der Waals surface area (Å²) in [5, 5.41) is 2.77. The molecule has 2 aromatic carbocycles. The molecule has 0 fully saturated rings. The lowest BCUT2D eigenvalue weighted by molar-refractivity contribution is -0.129. The summed E-state index contributed by atoms with van der Waals surface area (Å²) < 4.78 is 0.798. The lowest BCUT2D eigenvalue weighted by Crippen LogP contribution is -2.33. The van der Waals surface area contributed by atoms with Gasteiger partial charge in [0.25, 0.3) is 0 Å². The van der Waals surface area contributed by atoms with Crippen LogP contribution in [0.4, 0.5) is 5.69 Å². The average Bonchev–Trinajstić information content (AvgIpc) is 2.55. The van der Waals surface area contributed by atoms with Gasteiger partial charge in [0.05, 0.1) is 12.2 Å². The van der Waals surface area contributed by atoms with Crippen LogP contribution < -0.4 is 5.32 Å². The SMILES string of the molecule is CN(CC(=O)Nc1ccccc1Br)C(=O)C=Cc1ccccc1. The van der Waals surface area contributed by atoms with Crippen molar-refractivity contribution in [2.45, 2.75) is 0 Å². The molecule has 2 rings (SSSR count). The van der Waals surface area contributed by atoms with Crippen molar-refractivity contribution in [3.8, 4) is 0 Å². The maximum atomic E-state index is 12.0. The highest BCUT2D eigenvalue weighted by Gasteiger charge is 2.11. The number of nitrogens with one attached hydrogen (secondary N) is 1. The van der Waals surface area contributed by atoms with E-state index in [1.165, 1.54) is 11.0 Å². The fraction of sp³-hybridized carbons (Fsp3) is 0.111. The van der Waals surface area contributed by atoms with Gasteiger partial charge in [0.15, 0.2) is 0 Å². The Labute approximate surface area is 143 Å². The number of para-hydroxylation sites is 1. The van der Waals surface area contributed by atoms with Crippen LogP contribution in [-0.4, -0.2) is 30.3 Å². The third-order valence-corrected chi connectivity index (χ3v) is 3.81. The van der Waals surface area contributed by atoms with Crippen LogP contribution in [0.2, 0.25) is 0 Å². The van der Waals surface area contributed by atoms with E-state index >= 15 is 0 Å². The minimum absolute atomic E-state index is 0.0146. The molecule has 0 bridgehead atoms. The van der Waals surface area contributed by atoms with Crippen LogP contribution >= 0.6 is 15.9 Å². The number of benzene rings is 2. The molecule has 2 aromatic rings. The third kappa shape index (κ3) is 5.38. The number of hydrogen-bond donors (Lipinski definition) is 1. The molecule has 118 valence electrons. The number of rotatable bonds is 5. The van der Waals surface area contributed by atoms with Crippen LogP contribution in [0.5, 0.6) is 0 Å². The van der Waals surface area contributed by atoms with Crippen LogP contribution in [-0.2, 0) is 9.59 Å². The summed E-state index contributed by atoms with van der Waals surface area (Å²) in [6.07, 6.45) is 3.19. The Hall–Kier alpha value is -2.40. The Morgan fingerprint density at radius 1 is 1.09 bits per heavy atom. The predicted octanol–water partition coefficient (Wildman–Crippen LogP) is 3.56. The van der Waals surface area contributed by atoms with E-state index < -0.39 is 0 Å². The number of halogens is 1. The van der Waals surface area contributed by atoms with Crippen molar-refractivity contribution < 1.29 is 9.59 Å². The van der Waals surface area contributed by atoms with E-state index in [-0.39, 0.29) is 18.4 Å². The Morgan fingerprint density at radius 3 is 2.43 bits per heavy atom. The van der Waals surface area contributed by atoms with Gasteiger partial charge in [-0.25, -0.2) is 0 Å². The minimum Gasteiger partial charge on any atom is -0.333 e. The molecule has 0 aliphatic heterocycles. The molecule has 0 spiro atoms. The van der Waals surface area contributed by atoms with Crippen LogP contribution in [0.1, 0.15) is 5.56 Å². The van der Waals surface area contributed by atoms with Gasteiger partial charge in [-0.2, -0.15) is 0 Å². The second-order valence-corrected chi connectivity index (χ2v) is 5.82. The lowest BCUT2D eigenvalue weighted by atomic mass is 10.2. The fourth-order valence-electron chi connectivity index (χ4n) is 1.90. The highest BCUT2D eigenvalue weighted by atomic mass is 79.9. The van der Waals surface area contributed by atoms with E-state index in [0.29, 0.717) is 5.69 Å². The van der Waals surface area contributed by atoms with Crippen LogP contribution in [0, 0.1) is 0 Å². The number of anilines is 1. The maximum Gasteiger partial charge on any atom is 0.246 e. The molecule has 0 saturated heterocycles. The summed E-state index contributed by atoms with van der Waals surface area (Å²) in [5.74, 6) is -0.475. The van der Waals surface area contributed by atoms with E-state index in [2.05, 4.69) is 21.2 Å². The van der Waals surface area contributed by atoms with Crippen molar-refractivity contribution in [1.82, 2.24) is 4.90 Å². The Kier molecular flexibility index (Phi) is 6.11. The number of hydrogen-bond acceptors (Lipinski definition) is 2. The van der Waals surface area contributed by atoms with Crippen molar-refractivity contribution in [2.24, 2.45) is 0 Å². The zero-order chi connectivity index (χ0) is 16.7. The molecule has 0 atom stereocenters. The minimum atomic E-state index is -0.249. The van der Waals surface area contributed by atoms with Crippen molar-refractivity contribution in [3.63, 3.8) is 0 Å². The van der Waals surface area contributed by atoms with Crippen molar-refractivity contribution in [2.75, 3.05) is 18.9 Å². The first-order valence-corrected chi connectivity index (χ1v) is 7.88. The molecule has 2 amide bonds. The van der Waals surface area contributed by atoms with Gasteiger partial charge in [0, 0.05) is 17.6 Å². The Bertz CT molecular complexity index is 714. The number of amides is 2. The van der Waals surface area contributed by atoms with E-state index in [4.69, 9.17) is 0 Å².